The topological polar surface area (TPSA) is 46.6 Å². The second-order valence-electron chi connectivity index (χ2n) is 18.5. The minimum Gasteiger partial charge on any atom is -0.344 e. The SMILES string of the molecule is c1ccc(-c2cccc(C3N=C(c4cccc5c6ccccc6n(-c6ccccc6)c45)N=C(c4cc(-n5c6ccccc6c6cc7ccccc7cc65)c5c6c(c7ccccc7c5c4)C6)N3)c2)cc1. The van der Waals surface area contributed by atoms with E-state index in [0.29, 0.717) is 5.84 Å². The highest BCUT2D eigenvalue weighted by Crippen LogP contribution is 2.48. The van der Waals surface area contributed by atoms with E-state index in [0.717, 1.165) is 67.9 Å². The van der Waals surface area contributed by atoms with Crippen LogP contribution in [0.3, 0.4) is 0 Å². The van der Waals surface area contributed by atoms with Gasteiger partial charge in [0, 0.05) is 43.7 Å². The molecule has 0 amide bonds. The van der Waals surface area contributed by atoms with Gasteiger partial charge in [-0.05, 0) is 122 Å². The van der Waals surface area contributed by atoms with Crippen molar-refractivity contribution in [2.24, 2.45) is 9.98 Å². The number of benzene rings is 11. The van der Waals surface area contributed by atoms with Crippen LogP contribution in [0.15, 0.2) is 234 Å². The summed E-state index contributed by atoms with van der Waals surface area (Å²) in [6.07, 6.45) is 0.538. The predicted molar refractivity (Wildman–Crippen MR) is 288 cm³/mol. The summed E-state index contributed by atoms with van der Waals surface area (Å²) < 4.78 is 4.90. The van der Waals surface area contributed by atoms with Crippen LogP contribution in [0.5, 0.6) is 0 Å². The fourth-order valence-electron chi connectivity index (χ4n) is 11.4. The van der Waals surface area contributed by atoms with E-state index in [1.54, 1.807) is 0 Å². The molecule has 0 spiro atoms. The van der Waals surface area contributed by atoms with Gasteiger partial charge in [-0.25, -0.2) is 9.98 Å². The Morgan fingerprint density at radius 2 is 1.06 bits per heavy atom. The third-order valence-corrected chi connectivity index (χ3v) is 14.6. The lowest BCUT2D eigenvalue weighted by Gasteiger charge is -2.25. The maximum absolute atomic E-state index is 5.68. The highest BCUT2D eigenvalue weighted by Gasteiger charge is 2.31. The van der Waals surface area contributed by atoms with E-state index in [2.05, 4.69) is 239 Å². The lowest BCUT2D eigenvalue weighted by Crippen LogP contribution is -2.33. The predicted octanol–water partition coefficient (Wildman–Crippen LogP) is 15.4. The molecule has 3 heterocycles. The fraction of sp³-hybridized carbons (Fsp3) is 0.0312. The van der Waals surface area contributed by atoms with Crippen molar-refractivity contribution in [2.75, 3.05) is 0 Å². The van der Waals surface area contributed by atoms with Gasteiger partial charge in [0.25, 0.3) is 0 Å². The molecule has 11 aromatic carbocycles. The number of para-hydroxylation sites is 4. The zero-order chi connectivity index (χ0) is 45.2. The van der Waals surface area contributed by atoms with Crippen molar-refractivity contribution >= 4 is 87.6 Å². The van der Waals surface area contributed by atoms with Crippen LogP contribution in [0.25, 0.3) is 98.4 Å². The molecule has 1 aliphatic heterocycles. The number of aliphatic imine (C=N–C) groups is 2. The van der Waals surface area contributed by atoms with Crippen molar-refractivity contribution in [1.29, 1.82) is 0 Å². The number of aromatic nitrogens is 2. The van der Waals surface area contributed by atoms with E-state index in [9.17, 15) is 0 Å². The molecule has 1 unspecified atom stereocenters. The molecule has 2 aliphatic rings. The van der Waals surface area contributed by atoms with Crippen molar-refractivity contribution in [3.05, 3.63) is 252 Å². The quantitative estimate of drug-likeness (QED) is 0.166. The summed E-state index contributed by atoms with van der Waals surface area (Å²) in [5, 5.41) is 16.3. The number of hydrogen-bond acceptors (Lipinski definition) is 3. The van der Waals surface area contributed by atoms with Crippen molar-refractivity contribution < 1.29 is 0 Å². The van der Waals surface area contributed by atoms with Gasteiger partial charge in [0.2, 0.25) is 0 Å². The van der Waals surface area contributed by atoms with Crippen LogP contribution >= 0.6 is 0 Å². The van der Waals surface area contributed by atoms with Crippen LogP contribution in [0, 0.1) is 0 Å². The van der Waals surface area contributed by atoms with Gasteiger partial charge in [-0.1, -0.05) is 164 Å². The van der Waals surface area contributed by atoms with Crippen molar-refractivity contribution in [2.45, 2.75) is 12.6 Å². The summed E-state index contributed by atoms with van der Waals surface area (Å²) in [5.74, 6) is 1.46. The lowest BCUT2D eigenvalue weighted by atomic mass is 9.97. The fourth-order valence-corrected chi connectivity index (χ4v) is 11.4. The molecule has 0 saturated heterocycles. The molecule has 0 bridgehead atoms. The van der Waals surface area contributed by atoms with E-state index in [1.807, 2.05) is 0 Å². The summed E-state index contributed by atoms with van der Waals surface area (Å²) >= 11 is 0. The molecule has 13 aromatic rings. The Morgan fingerprint density at radius 1 is 0.420 bits per heavy atom. The molecular formula is C64H41N5. The Hall–Kier alpha value is -9.06. The normalized spacial score (nSPS) is 14.5. The number of nitrogens with zero attached hydrogens (tertiary/aromatic N) is 4. The number of rotatable bonds is 6. The Bertz CT molecular complexity index is 4360. The molecule has 69 heavy (non-hydrogen) atoms. The molecule has 15 rings (SSSR count). The molecule has 322 valence electrons. The molecule has 1 atom stereocenters. The largest absolute Gasteiger partial charge is 0.344 e. The first-order valence-electron chi connectivity index (χ1n) is 23.8. The Kier molecular flexibility index (Phi) is 8.13. The van der Waals surface area contributed by atoms with Gasteiger partial charge in [0.1, 0.15) is 12.0 Å². The Balaban J connectivity index is 1.02. The minimum atomic E-state index is -0.440. The second-order valence-corrected chi connectivity index (χ2v) is 18.5. The number of nitrogens with one attached hydrogen (secondary N) is 1. The third-order valence-electron chi connectivity index (χ3n) is 14.6. The smallest absolute Gasteiger partial charge is 0.161 e. The molecule has 2 aromatic heterocycles. The van der Waals surface area contributed by atoms with Crippen LogP contribution in [0.4, 0.5) is 0 Å². The molecule has 5 heteroatoms. The maximum atomic E-state index is 5.68. The first kappa shape index (κ1) is 38.1. The highest BCUT2D eigenvalue weighted by atomic mass is 15.2. The van der Waals surface area contributed by atoms with Crippen molar-refractivity contribution in [3.63, 3.8) is 0 Å². The van der Waals surface area contributed by atoms with E-state index in [-0.39, 0.29) is 0 Å². The van der Waals surface area contributed by atoms with Gasteiger partial charge in [-0.15, -0.1) is 0 Å². The van der Waals surface area contributed by atoms with Crippen LogP contribution in [0.2, 0.25) is 0 Å². The zero-order valence-electron chi connectivity index (χ0n) is 37.4. The molecule has 0 fully saturated rings. The average molecular weight is 880 g/mol. The van der Waals surface area contributed by atoms with Crippen LogP contribution in [0.1, 0.15) is 34.0 Å². The van der Waals surface area contributed by atoms with Crippen molar-refractivity contribution in [3.8, 4) is 22.5 Å². The van der Waals surface area contributed by atoms with E-state index in [4.69, 9.17) is 9.98 Å². The first-order chi connectivity index (χ1) is 34.2. The second kappa shape index (κ2) is 14.7. The summed E-state index contributed by atoms with van der Waals surface area (Å²) in [4.78, 5) is 11.3. The zero-order valence-corrected chi connectivity index (χ0v) is 37.4. The third kappa shape index (κ3) is 5.84. The molecule has 0 radical (unpaired) electrons. The van der Waals surface area contributed by atoms with Gasteiger partial charge in [0.15, 0.2) is 5.84 Å². The Labute approximate surface area is 397 Å². The van der Waals surface area contributed by atoms with Gasteiger partial charge < -0.3 is 14.5 Å². The van der Waals surface area contributed by atoms with E-state index in [1.165, 1.54) is 70.6 Å². The Morgan fingerprint density at radius 3 is 1.87 bits per heavy atom. The molecule has 1 aliphatic carbocycles. The van der Waals surface area contributed by atoms with Gasteiger partial charge in [0.05, 0.1) is 27.8 Å². The summed E-state index contributed by atoms with van der Waals surface area (Å²) in [5.41, 5.74) is 15.0. The van der Waals surface area contributed by atoms with Crippen LogP contribution < -0.4 is 5.32 Å². The molecule has 0 saturated carbocycles. The number of hydrogen-bond donors (Lipinski definition) is 1. The molecule has 5 nitrogen and oxygen atoms in total. The van der Waals surface area contributed by atoms with E-state index >= 15 is 0 Å². The lowest BCUT2D eigenvalue weighted by molar-refractivity contribution is 0.674. The number of fused-ring (bicyclic) bond motifs is 13. The molecular weight excluding hydrogens is 839 g/mol. The van der Waals surface area contributed by atoms with Crippen LogP contribution in [-0.2, 0) is 6.42 Å². The summed E-state index contributed by atoms with van der Waals surface area (Å²) in [6.45, 7) is 0. The molecule has 1 N–H and O–H groups in total. The standard InChI is InChI=1S/C64H41N5/c1-3-17-39(18-4-1)40-21-15-22-43(33-40)62-65-63(67-64(66-62)51-30-16-29-50-48-27-11-13-31-56(48)68(61(50)51)45-23-5-2-6-24-45)44-35-54-47-26-10-9-25-46(47)52-38-55(52)60(54)59(37-44)69-57-32-14-12-28-49(57)53-34-41-19-7-8-20-42(41)36-58(53)69/h1-37,62H,38H2,(H,65,66,67). The maximum Gasteiger partial charge on any atom is 0.161 e. The summed E-state index contributed by atoms with van der Waals surface area (Å²) in [6, 6.07) is 81.4. The number of amidine groups is 2. The van der Waals surface area contributed by atoms with E-state index < -0.39 is 6.17 Å². The highest BCUT2D eigenvalue weighted by molar-refractivity contribution is 6.24. The van der Waals surface area contributed by atoms with Gasteiger partial charge >= 0.3 is 0 Å². The van der Waals surface area contributed by atoms with Gasteiger partial charge in [-0.2, -0.15) is 0 Å². The monoisotopic (exact) mass is 879 g/mol. The van der Waals surface area contributed by atoms with Crippen molar-refractivity contribution in [1.82, 2.24) is 14.5 Å². The summed E-state index contributed by atoms with van der Waals surface area (Å²) in [7, 11) is 0. The average Bonchev–Trinajstić information content (AvgIpc) is 4.07. The minimum absolute atomic E-state index is 0.440. The first-order valence-corrected chi connectivity index (χ1v) is 23.8. The van der Waals surface area contributed by atoms with Crippen LogP contribution in [-0.4, -0.2) is 20.8 Å². The van der Waals surface area contributed by atoms with Gasteiger partial charge in [-0.3, -0.25) is 0 Å².